The van der Waals surface area contributed by atoms with Crippen LogP contribution in [-0.2, 0) is 4.74 Å². The molecule has 0 spiro atoms. The second-order valence-corrected chi connectivity index (χ2v) is 5.71. The summed E-state index contributed by atoms with van der Waals surface area (Å²) in [5.41, 5.74) is 0. The third-order valence-corrected chi connectivity index (χ3v) is 3.59. The summed E-state index contributed by atoms with van der Waals surface area (Å²) in [6.07, 6.45) is 2.89. The second kappa shape index (κ2) is 7.73. The molecule has 1 saturated heterocycles. The van der Waals surface area contributed by atoms with Crippen LogP contribution in [0.2, 0.25) is 5.02 Å². The highest BCUT2D eigenvalue weighted by atomic mass is 35.5. The van der Waals surface area contributed by atoms with Crippen molar-refractivity contribution < 1.29 is 14.8 Å². The van der Waals surface area contributed by atoms with Crippen molar-refractivity contribution in [1.29, 1.82) is 0 Å². The number of rotatable bonds is 7. The maximum Gasteiger partial charge on any atom is 0.120 e. The van der Waals surface area contributed by atoms with Gasteiger partial charge in [-0.15, -0.1) is 0 Å². The minimum absolute atomic E-state index is 0.459. The molecule has 3 nitrogen and oxygen atoms in total. The van der Waals surface area contributed by atoms with Gasteiger partial charge in [0, 0.05) is 17.5 Å². The molecule has 106 valence electrons. The molecule has 4 heteroatoms. The quantitative estimate of drug-likeness (QED) is 0.832. The molecule has 1 aliphatic rings. The molecule has 0 bridgehead atoms. The molecule has 1 fully saturated rings. The Bertz CT molecular complexity index is 380. The maximum atomic E-state index is 5.92. The summed E-state index contributed by atoms with van der Waals surface area (Å²) in [4.78, 5) is 0. The van der Waals surface area contributed by atoms with Crippen LogP contribution in [0, 0.1) is 5.92 Å². The Balaban J connectivity index is 1.60. The lowest BCUT2D eigenvalue weighted by Crippen LogP contribution is -2.87. The normalized spacial score (nSPS) is 20.4. The molecule has 2 rings (SSSR count). The topological polar surface area (TPSA) is 35.1 Å². The van der Waals surface area contributed by atoms with Gasteiger partial charge >= 0.3 is 0 Å². The Hall–Kier alpha value is -0.770. The van der Waals surface area contributed by atoms with Crippen molar-refractivity contribution in [3.05, 3.63) is 29.3 Å². The monoisotopic (exact) mass is 284 g/mol. The van der Waals surface area contributed by atoms with Gasteiger partial charge in [-0.05, 0) is 31.0 Å². The fourth-order valence-corrected chi connectivity index (χ4v) is 2.44. The van der Waals surface area contributed by atoms with Crippen LogP contribution in [0.1, 0.15) is 19.8 Å². The third-order valence-electron chi connectivity index (χ3n) is 3.35. The minimum Gasteiger partial charge on any atom is -0.493 e. The third kappa shape index (κ3) is 5.39. The number of halogens is 1. The predicted octanol–water partition coefficient (Wildman–Crippen LogP) is 2.10. The summed E-state index contributed by atoms with van der Waals surface area (Å²) in [5.74, 6) is 1.36. The van der Waals surface area contributed by atoms with Crippen LogP contribution in [0.4, 0.5) is 0 Å². The van der Waals surface area contributed by atoms with Crippen molar-refractivity contribution in [2.45, 2.75) is 25.9 Å². The van der Waals surface area contributed by atoms with Crippen LogP contribution in [0.15, 0.2) is 24.3 Å². The lowest BCUT2D eigenvalue weighted by molar-refractivity contribution is -0.665. The number of hydrogen-bond donors (Lipinski definition) is 1. The van der Waals surface area contributed by atoms with E-state index in [9.17, 15) is 0 Å². The van der Waals surface area contributed by atoms with Gasteiger partial charge < -0.3 is 14.8 Å². The van der Waals surface area contributed by atoms with E-state index in [1.54, 1.807) is 0 Å². The molecule has 0 aromatic heterocycles. The predicted molar refractivity (Wildman–Crippen MR) is 76.7 cm³/mol. The molecule has 19 heavy (non-hydrogen) atoms. The van der Waals surface area contributed by atoms with Gasteiger partial charge in [-0.25, -0.2) is 0 Å². The smallest absolute Gasteiger partial charge is 0.120 e. The maximum absolute atomic E-state index is 5.92. The fraction of sp³-hybridized carbons (Fsp3) is 0.600. The van der Waals surface area contributed by atoms with E-state index in [0.29, 0.717) is 12.0 Å². The van der Waals surface area contributed by atoms with E-state index in [0.717, 1.165) is 37.1 Å². The molecule has 1 heterocycles. The zero-order chi connectivity index (χ0) is 13.5. The fourth-order valence-electron chi connectivity index (χ4n) is 2.26. The van der Waals surface area contributed by atoms with Gasteiger partial charge in [0.05, 0.1) is 13.2 Å². The van der Waals surface area contributed by atoms with E-state index in [4.69, 9.17) is 21.1 Å². The van der Waals surface area contributed by atoms with Gasteiger partial charge in [-0.3, -0.25) is 0 Å². The molecule has 1 aromatic rings. The molecule has 2 N–H and O–H groups in total. The van der Waals surface area contributed by atoms with Gasteiger partial charge in [0.1, 0.15) is 18.4 Å². The van der Waals surface area contributed by atoms with Gasteiger partial charge in [0.25, 0.3) is 0 Å². The number of benzene rings is 1. The van der Waals surface area contributed by atoms with Crippen molar-refractivity contribution in [2.24, 2.45) is 5.92 Å². The lowest BCUT2D eigenvalue weighted by Gasteiger charge is -2.14. The van der Waals surface area contributed by atoms with Crippen LogP contribution < -0.4 is 10.1 Å². The zero-order valence-electron chi connectivity index (χ0n) is 11.5. The SMILES string of the molecule is C[C@H](C[NH2+]C[C@@H]1CCCO1)COc1cccc(Cl)c1. The number of hydrogen-bond acceptors (Lipinski definition) is 2. The van der Waals surface area contributed by atoms with Crippen LogP contribution in [0.25, 0.3) is 0 Å². The highest BCUT2D eigenvalue weighted by Gasteiger charge is 2.17. The standard InChI is InChI=1S/C15H22ClNO2/c1-12(9-17-10-15-6-3-7-18-15)11-19-14-5-2-4-13(16)8-14/h2,4-5,8,12,15,17H,3,6-7,9-11H2,1H3/p+1/t12-,15+/m1/s1. The van der Waals surface area contributed by atoms with Gasteiger partial charge in [-0.2, -0.15) is 0 Å². The minimum atomic E-state index is 0.459. The Morgan fingerprint density at radius 1 is 1.53 bits per heavy atom. The van der Waals surface area contributed by atoms with Gasteiger partial charge in [0.2, 0.25) is 0 Å². The first-order valence-corrected chi connectivity index (χ1v) is 7.43. The molecule has 1 aromatic carbocycles. The summed E-state index contributed by atoms with van der Waals surface area (Å²) in [6.45, 7) is 6.01. The Labute approximate surface area is 120 Å². The number of ether oxygens (including phenoxy) is 2. The number of quaternary nitrogens is 1. The highest BCUT2D eigenvalue weighted by molar-refractivity contribution is 6.30. The Morgan fingerprint density at radius 3 is 3.16 bits per heavy atom. The lowest BCUT2D eigenvalue weighted by atomic mass is 10.2. The summed E-state index contributed by atoms with van der Waals surface area (Å²) in [6, 6.07) is 7.55. The molecule has 2 atom stereocenters. The van der Waals surface area contributed by atoms with Crippen molar-refractivity contribution in [2.75, 3.05) is 26.3 Å². The molecule has 0 unspecified atom stereocenters. The molecular weight excluding hydrogens is 262 g/mol. The van der Waals surface area contributed by atoms with E-state index < -0.39 is 0 Å². The van der Waals surface area contributed by atoms with Crippen molar-refractivity contribution in [3.63, 3.8) is 0 Å². The molecule has 0 aliphatic carbocycles. The van der Waals surface area contributed by atoms with Gasteiger partial charge in [-0.1, -0.05) is 24.6 Å². The van der Waals surface area contributed by atoms with E-state index in [-0.39, 0.29) is 0 Å². The van der Waals surface area contributed by atoms with Crippen LogP contribution in [-0.4, -0.2) is 32.4 Å². The van der Waals surface area contributed by atoms with E-state index in [1.165, 1.54) is 12.8 Å². The van der Waals surface area contributed by atoms with Crippen LogP contribution in [0.3, 0.4) is 0 Å². The second-order valence-electron chi connectivity index (χ2n) is 5.27. The number of nitrogens with two attached hydrogens (primary N) is 1. The zero-order valence-corrected chi connectivity index (χ0v) is 12.2. The molecule has 0 amide bonds. The van der Waals surface area contributed by atoms with Crippen molar-refractivity contribution >= 4 is 11.6 Å². The molecule has 1 aliphatic heterocycles. The van der Waals surface area contributed by atoms with Crippen molar-refractivity contribution in [3.8, 4) is 5.75 Å². The first kappa shape index (κ1) is 14.6. The summed E-state index contributed by atoms with van der Waals surface area (Å²) in [7, 11) is 0. The largest absolute Gasteiger partial charge is 0.493 e. The Kier molecular flexibility index (Phi) is 5.95. The first-order valence-electron chi connectivity index (χ1n) is 7.05. The van der Waals surface area contributed by atoms with E-state index in [2.05, 4.69) is 12.2 Å². The molecule has 0 radical (unpaired) electrons. The van der Waals surface area contributed by atoms with E-state index >= 15 is 0 Å². The van der Waals surface area contributed by atoms with E-state index in [1.807, 2.05) is 24.3 Å². The van der Waals surface area contributed by atoms with Crippen molar-refractivity contribution in [1.82, 2.24) is 0 Å². The van der Waals surface area contributed by atoms with Gasteiger partial charge in [0.15, 0.2) is 0 Å². The average Bonchev–Trinajstić information content (AvgIpc) is 2.90. The molecule has 0 saturated carbocycles. The van der Waals surface area contributed by atoms with Crippen LogP contribution >= 0.6 is 11.6 Å². The summed E-state index contributed by atoms with van der Waals surface area (Å²) < 4.78 is 11.3. The van der Waals surface area contributed by atoms with Crippen LogP contribution in [0.5, 0.6) is 5.75 Å². The molecular formula is C15H23ClNO2+. The first-order chi connectivity index (χ1) is 9.24. The average molecular weight is 285 g/mol. The highest BCUT2D eigenvalue weighted by Crippen LogP contribution is 2.17. The Morgan fingerprint density at radius 2 is 2.42 bits per heavy atom. The summed E-state index contributed by atoms with van der Waals surface area (Å²) in [5, 5.41) is 3.05. The summed E-state index contributed by atoms with van der Waals surface area (Å²) >= 11 is 5.92.